The monoisotopic (exact) mass is 317 g/mol. The van der Waals surface area contributed by atoms with Crippen LogP contribution in [0.3, 0.4) is 0 Å². The van der Waals surface area contributed by atoms with Crippen molar-refractivity contribution in [1.29, 1.82) is 0 Å². The Labute approximate surface area is 131 Å². The lowest BCUT2D eigenvalue weighted by Gasteiger charge is -2.14. The van der Waals surface area contributed by atoms with Crippen LogP contribution in [0.5, 0.6) is 0 Å². The number of amides is 2. The van der Waals surface area contributed by atoms with E-state index in [1.807, 2.05) is 0 Å². The van der Waals surface area contributed by atoms with Gasteiger partial charge in [0.25, 0.3) is 5.91 Å². The highest BCUT2D eigenvalue weighted by atomic mass is 19.1. The number of nitrogens with two attached hydrogens (primary N) is 2. The molecule has 0 unspecified atom stereocenters. The first-order valence-electron chi connectivity index (χ1n) is 6.86. The molecule has 0 aliphatic carbocycles. The van der Waals surface area contributed by atoms with Gasteiger partial charge in [0.1, 0.15) is 5.82 Å². The first kappa shape index (κ1) is 16.3. The molecule has 0 saturated heterocycles. The number of rotatable bonds is 6. The lowest BCUT2D eigenvalue weighted by molar-refractivity contribution is -0.121. The molecule has 0 aliphatic rings. The number of hydrogen-bond acceptors (Lipinski definition) is 5. The van der Waals surface area contributed by atoms with Crippen LogP contribution in [0.25, 0.3) is 0 Å². The molecule has 1 heterocycles. The number of primary amides is 1. The van der Waals surface area contributed by atoms with Crippen LogP contribution >= 0.6 is 0 Å². The van der Waals surface area contributed by atoms with Gasteiger partial charge in [-0.25, -0.2) is 14.4 Å². The molecule has 0 saturated carbocycles. The highest BCUT2D eigenvalue weighted by molar-refractivity contribution is 5.96. The number of nitrogens with one attached hydrogen (secondary N) is 1. The average molecular weight is 317 g/mol. The number of hydrogen-bond donors (Lipinski definition) is 3. The molecule has 2 aromatic rings. The maximum atomic E-state index is 12.9. The number of anilines is 1. The summed E-state index contributed by atoms with van der Waals surface area (Å²) in [6.45, 7) is 0.0154. The fourth-order valence-electron chi connectivity index (χ4n) is 2.00. The number of benzene rings is 1. The van der Waals surface area contributed by atoms with E-state index in [0.717, 1.165) is 5.56 Å². The van der Waals surface area contributed by atoms with Gasteiger partial charge in [0.15, 0.2) is 11.5 Å². The summed E-state index contributed by atoms with van der Waals surface area (Å²) in [6.07, 6.45) is 2.99. The number of carbonyl (C=O) groups excluding carboxylic acids is 2. The van der Waals surface area contributed by atoms with Crippen molar-refractivity contribution in [3.8, 4) is 0 Å². The molecule has 0 bridgehead atoms. The Balaban J connectivity index is 2.00. The first-order chi connectivity index (χ1) is 11.0. The van der Waals surface area contributed by atoms with E-state index in [2.05, 4.69) is 15.3 Å². The molecule has 5 N–H and O–H groups in total. The van der Waals surface area contributed by atoms with Crippen molar-refractivity contribution in [2.75, 3.05) is 12.3 Å². The zero-order valence-electron chi connectivity index (χ0n) is 12.2. The molecule has 2 amide bonds. The van der Waals surface area contributed by atoms with Gasteiger partial charge in [0, 0.05) is 18.9 Å². The summed E-state index contributed by atoms with van der Waals surface area (Å²) in [5.74, 6) is -2.11. The van der Waals surface area contributed by atoms with Crippen LogP contribution in [0.2, 0.25) is 0 Å². The van der Waals surface area contributed by atoms with Gasteiger partial charge in [-0.15, -0.1) is 0 Å². The molecule has 0 spiro atoms. The Hall–Kier alpha value is -3.03. The third kappa shape index (κ3) is 4.47. The Morgan fingerprint density at radius 1 is 1.17 bits per heavy atom. The fraction of sp³-hybridized carbons (Fsp3) is 0.200. The Bertz CT molecular complexity index is 705. The predicted octanol–water partition coefficient (Wildman–Crippen LogP) is 0.272. The van der Waals surface area contributed by atoms with Crippen molar-refractivity contribution in [2.24, 2.45) is 11.7 Å². The second kappa shape index (κ2) is 7.30. The molecule has 23 heavy (non-hydrogen) atoms. The Morgan fingerprint density at radius 3 is 2.43 bits per heavy atom. The molecule has 8 heteroatoms. The standard InChI is InChI=1S/C15H16FN5O2/c16-11-3-1-9(2-4-11)7-10(14(18)22)8-21-15(23)12-13(17)20-6-5-19-12/h1-6,10H,7-8H2,(H2,17,20)(H2,18,22)(H,21,23)/t10-/m0/s1. The SMILES string of the molecule is NC(=O)[C@H](CNC(=O)c1nccnc1N)Cc1ccc(F)cc1. The van der Waals surface area contributed by atoms with Gasteiger partial charge >= 0.3 is 0 Å². The van der Waals surface area contributed by atoms with Crippen molar-refractivity contribution < 1.29 is 14.0 Å². The van der Waals surface area contributed by atoms with Crippen LogP contribution in [0.4, 0.5) is 10.2 Å². The minimum atomic E-state index is -0.637. The average Bonchev–Trinajstić information content (AvgIpc) is 2.53. The van der Waals surface area contributed by atoms with Crippen molar-refractivity contribution in [3.63, 3.8) is 0 Å². The Morgan fingerprint density at radius 2 is 1.83 bits per heavy atom. The topological polar surface area (TPSA) is 124 Å². The van der Waals surface area contributed by atoms with Gasteiger partial charge in [-0.05, 0) is 24.1 Å². The van der Waals surface area contributed by atoms with E-state index in [1.165, 1.54) is 24.5 Å². The van der Waals surface area contributed by atoms with Gasteiger partial charge in [0.05, 0.1) is 5.92 Å². The van der Waals surface area contributed by atoms with Crippen molar-refractivity contribution >= 4 is 17.6 Å². The number of nitrogens with zero attached hydrogens (tertiary/aromatic N) is 2. The number of carbonyl (C=O) groups is 2. The van der Waals surface area contributed by atoms with Gasteiger partial charge in [-0.1, -0.05) is 12.1 Å². The minimum absolute atomic E-state index is 0.000778. The maximum Gasteiger partial charge on any atom is 0.273 e. The molecular formula is C15H16FN5O2. The zero-order chi connectivity index (χ0) is 16.8. The Kier molecular flexibility index (Phi) is 5.19. The van der Waals surface area contributed by atoms with E-state index < -0.39 is 17.7 Å². The van der Waals surface area contributed by atoms with Crippen molar-refractivity contribution in [1.82, 2.24) is 15.3 Å². The maximum absolute atomic E-state index is 12.9. The summed E-state index contributed by atoms with van der Waals surface area (Å²) in [4.78, 5) is 31.1. The quantitative estimate of drug-likeness (QED) is 0.705. The highest BCUT2D eigenvalue weighted by Crippen LogP contribution is 2.10. The normalized spacial score (nSPS) is 11.7. The summed E-state index contributed by atoms with van der Waals surface area (Å²) in [6, 6.07) is 5.72. The minimum Gasteiger partial charge on any atom is -0.382 e. The summed E-state index contributed by atoms with van der Waals surface area (Å²) in [5.41, 5.74) is 11.6. The number of aromatic nitrogens is 2. The molecule has 1 aromatic heterocycles. The van der Waals surface area contributed by atoms with E-state index in [4.69, 9.17) is 11.5 Å². The van der Waals surface area contributed by atoms with Crippen LogP contribution < -0.4 is 16.8 Å². The van der Waals surface area contributed by atoms with Crippen LogP contribution in [-0.2, 0) is 11.2 Å². The molecule has 0 aliphatic heterocycles. The van der Waals surface area contributed by atoms with E-state index in [1.54, 1.807) is 12.1 Å². The molecule has 0 radical (unpaired) electrons. The van der Waals surface area contributed by atoms with Gasteiger partial charge < -0.3 is 16.8 Å². The summed E-state index contributed by atoms with van der Waals surface area (Å²) in [5, 5.41) is 2.56. The second-order valence-electron chi connectivity index (χ2n) is 4.93. The zero-order valence-corrected chi connectivity index (χ0v) is 12.2. The number of halogens is 1. The van der Waals surface area contributed by atoms with E-state index >= 15 is 0 Å². The molecule has 2 rings (SSSR count). The molecule has 7 nitrogen and oxygen atoms in total. The van der Waals surface area contributed by atoms with E-state index in [0.29, 0.717) is 0 Å². The van der Waals surface area contributed by atoms with Crippen molar-refractivity contribution in [3.05, 3.63) is 53.7 Å². The van der Waals surface area contributed by atoms with Crippen molar-refractivity contribution in [2.45, 2.75) is 6.42 Å². The van der Waals surface area contributed by atoms with Gasteiger partial charge in [-0.3, -0.25) is 9.59 Å². The summed E-state index contributed by atoms with van der Waals surface area (Å²) >= 11 is 0. The van der Waals surface area contributed by atoms with Gasteiger partial charge in [0.2, 0.25) is 5.91 Å². The van der Waals surface area contributed by atoms with E-state index in [9.17, 15) is 14.0 Å². The third-order valence-electron chi connectivity index (χ3n) is 3.25. The molecule has 0 fully saturated rings. The molecular weight excluding hydrogens is 301 g/mol. The predicted molar refractivity (Wildman–Crippen MR) is 81.6 cm³/mol. The van der Waals surface area contributed by atoms with Crippen LogP contribution in [0.1, 0.15) is 16.1 Å². The van der Waals surface area contributed by atoms with Crippen LogP contribution in [0, 0.1) is 11.7 Å². The smallest absolute Gasteiger partial charge is 0.273 e. The molecule has 1 atom stereocenters. The molecule has 1 aromatic carbocycles. The largest absolute Gasteiger partial charge is 0.382 e. The summed E-state index contributed by atoms with van der Waals surface area (Å²) < 4.78 is 12.9. The highest BCUT2D eigenvalue weighted by Gasteiger charge is 2.19. The fourth-order valence-corrected chi connectivity index (χ4v) is 2.00. The van der Waals surface area contributed by atoms with Crippen LogP contribution in [-0.4, -0.2) is 28.3 Å². The van der Waals surface area contributed by atoms with E-state index in [-0.39, 0.29) is 30.3 Å². The number of nitrogen functional groups attached to an aromatic ring is 1. The molecule has 120 valence electrons. The third-order valence-corrected chi connectivity index (χ3v) is 3.25. The lowest BCUT2D eigenvalue weighted by atomic mass is 9.98. The summed E-state index contributed by atoms with van der Waals surface area (Å²) in [7, 11) is 0. The second-order valence-corrected chi connectivity index (χ2v) is 4.93. The van der Waals surface area contributed by atoms with Gasteiger partial charge in [-0.2, -0.15) is 0 Å². The lowest BCUT2D eigenvalue weighted by Crippen LogP contribution is -2.37. The van der Waals surface area contributed by atoms with Crippen LogP contribution in [0.15, 0.2) is 36.7 Å². The first-order valence-corrected chi connectivity index (χ1v) is 6.86.